The fourth-order valence-corrected chi connectivity index (χ4v) is 3.96. The molecular formula is C18H28IN5O2S. The lowest BCUT2D eigenvalue weighted by atomic mass is 10.2. The Hall–Kier alpha value is -1.17. The van der Waals surface area contributed by atoms with Crippen molar-refractivity contribution in [1.29, 1.82) is 0 Å². The smallest absolute Gasteiger partial charge is 0.191 e. The van der Waals surface area contributed by atoms with Gasteiger partial charge in [-0.05, 0) is 26.0 Å². The lowest BCUT2D eigenvalue weighted by Crippen LogP contribution is -2.46. The molecule has 1 atom stereocenters. The number of rotatable bonds is 7. The van der Waals surface area contributed by atoms with E-state index in [4.69, 9.17) is 9.26 Å². The molecule has 0 aromatic carbocycles. The highest BCUT2D eigenvalue weighted by molar-refractivity contribution is 14.0. The van der Waals surface area contributed by atoms with Crippen molar-refractivity contribution in [1.82, 2.24) is 20.7 Å². The van der Waals surface area contributed by atoms with Crippen LogP contribution in [0.2, 0.25) is 0 Å². The second-order valence-corrected chi connectivity index (χ2v) is 7.50. The van der Waals surface area contributed by atoms with Gasteiger partial charge in [-0.3, -0.25) is 4.90 Å². The standard InChI is InChI=1S/C18H27N5O2S.HI/c1-3-19-18(20-12-15-6-9-25-22-15)21-13-16(17-5-4-14(2)26-17)23-7-10-24-11-8-23;/h4-6,9,16H,3,7-8,10-13H2,1-2H3,(H2,19,20,21);1H. The molecule has 1 aliphatic rings. The van der Waals surface area contributed by atoms with Crippen LogP contribution in [0.3, 0.4) is 0 Å². The van der Waals surface area contributed by atoms with Gasteiger partial charge in [0.2, 0.25) is 0 Å². The van der Waals surface area contributed by atoms with Crippen molar-refractivity contribution in [3.63, 3.8) is 0 Å². The quantitative estimate of drug-likeness (QED) is 0.343. The van der Waals surface area contributed by atoms with Gasteiger partial charge in [-0.2, -0.15) is 0 Å². The van der Waals surface area contributed by atoms with Crippen LogP contribution in [0.25, 0.3) is 0 Å². The number of ether oxygens (including phenoxy) is 1. The molecule has 1 unspecified atom stereocenters. The zero-order chi connectivity index (χ0) is 18.2. The molecule has 2 N–H and O–H groups in total. The summed E-state index contributed by atoms with van der Waals surface area (Å²) in [5.74, 6) is 0.794. The number of nitrogens with one attached hydrogen (secondary N) is 2. The van der Waals surface area contributed by atoms with Gasteiger partial charge < -0.3 is 19.9 Å². The highest BCUT2D eigenvalue weighted by atomic mass is 127. The Morgan fingerprint density at radius 3 is 2.74 bits per heavy atom. The van der Waals surface area contributed by atoms with Crippen molar-refractivity contribution < 1.29 is 9.26 Å². The van der Waals surface area contributed by atoms with E-state index in [0.717, 1.165) is 51.0 Å². The fourth-order valence-electron chi connectivity index (χ4n) is 2.95. The van der Waals surface area contributed by atoms with Crippen molar-refractivity contribution in [2.45, 2.75) is 26.4 Å². The van der Waals surface area contributed by atoms with E-state index < -0.39 is 0 Å². The Morgan fingerprint density at radius 2 is 2.11 bits per heavy atom. The lowest BCUT2D eigenvalue weighted by Gasteiger charge is -2.34. The van der Waals surface area contributed by atoms with E-state index in [-0.39, 0.29) is 24.0 Å². The molecule has 3 heterocycles. The number of nitrogens with zero attached hydrogens (tertiary/aromatic N) is 3. The summed E-state index contributed by atoms with van der Waals surface area (Å²) >= 11 is 1.86. The molecule has 0 radical (unpaired) electrons. The summed E-state index contributed by atoms with van der Waals surface area (Å²) in [5, 5.41) is 10.7. The Labute approximate surface area is 181 Å². The molecule has 0 amide bonds. The van der Waals surface area contributed by atoms with Crippen molar-refractivity contribution in [2.24, 2.45) is 4.99 Å². The molecule has 0 spiro atoms. The topological polar surface area (TPSA) is 74.9 Å². The van der Waals surface area contributed by atoms with E-state index in [2.05, 4.69) is 51.7 Å². The largest absolute Gasteiger partial charge is 0.379 e. The van der Waals surface area contributed by atoms with Crippen molar-refractivity contribution in [3.8, 4) is 0 Å². The molecule has 150 valence electrons. The maximum absolute atomic E-state index is 5.52. The minimum absolute atomic E-state index is 0. The molecular weight excluding hydrogens is 477 g/mol. The van der Waals surface area contributed by atoms with Crippen molar-refractivity contribution in [2.75, 3.05) is 39.4 Å². The molecule has 7 nitrogen and oxygen atoms in total. The number of halogens is 1. The third-order valence-electron chi connectivity index (χ3n) is 4.27. The highest BCUT2D eigenvalue weighted by Gasteiger charge is 2.24. The molecule has 3 rings (SSSR count). The SMILES string of the molecule is CCNC(=NCc1ccon1)NCC(c1ccc(C)s1)N1CCOCC1.I. The molecule has 27 heavy (non-hydrogen) atoms. The summed E-state index contributed by atoms with van der Waals surface area (Å²) < 4.78 is 10.4. The van der Waals surface area contributed by atoms with Crippen molar-refractivity contribution in [3.05, 3.63) is 39.9 Å². The van der Waals surface area contributed by atoms with Crippen LogP contribution in [0.15, 0.2) is 34.0 Å². The fraction of sp³-hybridized carbons (Fsp3) is 0.556. The predicted octanol–water partition coefficient (Wildman–Crippen LogP) is 2.79. The molecule has 0 bridgehead atoms. The third kappa shape index (κ3) is 6.74. The Kier molecular flexibility index (Phi) is 9.52. The van der Waals surface area contributed by atoms with Gasteiger partial charge in [-0.25, -0.2) is 4.99 Å². The number of hydrogen-bond acceptors (Lipinski definition) is 6. The summed E-state index contributed by atoms with van der Waals surface area (Å²) in [6, 6.07) is 6.57. The van der Waals surface area contributed by atoms with Crippen LogP contribution in [0.1, 0.15) is 28.4 Å². The van der Waals surface area contributed by atoms with E-state index >= 15 is 0 Å². The van der Waals surface area contributed by atoms with Gasteiger partial charge in [-0.15, -0.1) is 35.3 Å². The van der Waals surface area contributed by atoms with Crippen LogP contribution < -0.4 is 10.6 Å². The first-order chi connectivity index (χ1) is 12.8. The van der Waals surface area contributed by atoms with Crippen LogP contribution in [0.5, 0.6) is 0 Å². The van der Waals surface area contributed by atoms with Crippen LogP contribution in [0.4, 0.5) is 0 Å². The number of guanidine groups is 1. The number of aliphatic imine (C=N–C) groups is 1. The second kappa shape index (κ2) is 11.6. The van der Waals surface area contributed by atoms with Crippen LogP contribution in [-0.4, -0.2) is 55.4 Å². The van der Waals surface area contributed by atoms with Crippen LogP contribution in [0, 0.1) is 6.92 Å². The van der Waals surface area contributed by atoms with Gasteiger partial charge in [0.25, 0.3) is 0 Å². The third-order valence-corrected chi connectivity index (χ3v) is 5.38. The maximum atomic E-state index is 5.52. The molecule has 1 aliphatic heterocycles. The minimum Gasteiger partial charge on any atom is -0.379 e. The first kappa shape index (κ1) is 22.1. The van der Waals surface area contributed by atoms with Crippen LogP contribution in [-0.2, 0) is 11.3 Å². The molecule has 1 saturated heterocycles. The highest BCUT2D eigenvalue weighted by Crippen LogP contribution is 2.27. The predicted molar refractivity (Wildman–Crippen MR) is 119 cm³/mol. The van der Waals surface area contributed by atoms with Gasteiger partial charge in [0, 0.05) is 42.0 Å². The molecule has 0 saturated carbocycles. The molecule has 0 aliphatic carbocycles. The number of hydrogen-bond donors (Lipinski definition) is 2. The van der Waals surface area contributed by atoms with Crippen LogP contribution >= 0.6 is 35.3 Å². The maximum Gasteiger partial charge on any atom is 0.191 e. The summed E-state index contributed by atoms with van der Waals surface area (Å²) in [4.78, 5) is 9.81. The molecule has 2 aromatic heterocycles. The second-order valence-electron chi connectivity index (χ2n) is 6.18. The van der Waals surface area contributed by atoms with E-state index in [0.29, 0.717) is 12.6 Å². The van der Waals surface area contributed by atoms with E-state index in [1.54, 1.807) is 6.26 Å². The summed E-state index contributed by atoms with van der Waals surface area (Å²) in [5.41, 5.74) is 0.820. The summed E-state index contributed by atoms with van der Waals surface area (Å²) in [7, 11) is 0. The normalized spacial score (nSPS) is 16.6. The Bertz CT molecular complexity index is 686. The zero-order valence-corrected chi connectivity index (χ0v) is 19.0. The van der Waals surface area contributed by atoms with E-state index in [9.17, 15) is 0 Å². The number of aryl methyl sites for hydroxylation is 1. The van der Waals surface area contributed by atoms with Gasteiger partial charge in [0.05, 0.1) is 25.8 Å². The number of thiophene rings is 1. The summed E-state index contributed by atoms with van der Waals surface area (Å²) in [6.45, 7) is 9.81. The lowest BCUT2D eigenvalue weighted by molar-refractivity contribution is 0.0177. The number of aromatic nitrogens is 1. The average molecular weight is 505 g/mol. The zero-order valence-electron chi connectivity index (χ0n) is 15.8. The van der Waals surface area contributed by atoms with Crippen molar-refractivity contribution >= 4 is 41.3 Å². The molecule has 1 fully saturated rings. The minimum atomic E-state index is 0. The van der Waals surface area contributed by atoms with E-state index in [1.807, 2.05) is 17.4 Å². The number of morpholine rings is 1. The first-order valence-electron chi connectivity index (χ1n) is 9.06. The van der Waals surface area contributed by atoms with Gasteiger partial charge in [0.15, 0.2) is 5.96 Å². The molecule has 2 aromatic rings. The summed E-state index contributed by atoms with van der Waals surface area (Å²) in [6.07, 6.45) is 1.57. The van der Waals surface area contributed by atoms with Gasteiger partial charge in [0.1, 0.15) is 12.0 Å². The Balaban J connectivity index is 0.00000261. The average Bonchev–Trinajstić information content (AvgIpc) is 3.32. The molecule has 9 heteroatoms. The van der Waals surface area contributed by atoms with Gasteiger partial charge in [-0.1, -0.05) is 5.16 Å². The first-order valence-corrected chi connectivity index (χ1v) is 9.87. The monoisotopic (exact) mass is 505 g/mol. The van der Waals surface area contributed by atoms with E-state index in [1.165, 1.54) is 9.75 Å². The van der Waals surface area contributed by atoms with Gasteiger partial charge >= 0.3 is 0 Å². The Morgan fingerprint density at radius 1 is 1.30 bits per heavy atom.